The Hall–Kier alpha value is -2.54. The van der Waals surface area contributed by atoms with E-state index in [1.165, 1.54) is 12.0 Å². The van der Waals surface area contributed by atoms with Crippen LogP contribution in [0, 0.1) is 5.92 Å². The zero-order valence-corrected chi connectivity index (χ0v) is 17.6. The van der Waals surface area contributed by atoms with Crippen LogP contribution in [0.5, 0.6) is 5.75 Å². The molecule has 2 aliphatic heterocycles. The predicted molar refractivity (Wildman–Crippen MR) is 108 cm³/mol. The third kappa shape index (κ3) is 4.72. The highest BCUT2D eigenvalue weighted by Gasteiger charge is 2.51. The fraction of sp³-hybridized carbons (Fsp3) is 0.545. The Morgan fingerprint density at radius 2 is 1.83 bits per heavy atom. The van der Waals surface area contributed by atoms with Gasteiger partial charge in [0, 0.05) is 12.5 Å². The molecule has 3 atom stereocenters. The van der Waals surface area contributed by atoms with Crippen molar-refractivity contribution in [2.75, 3.05) is 27.4 Å². The summed E-state index contributed by atoms with van der Waals surface area (Å²) in [7, 11) is 2.95. The van der Waals surface area contributed by atoms with E-state index in [2.05, 4.69) is 0 Å². The minimum absolute atomic E-state index is 0.0394. The lowest BCUT2D eigenvalue weighted by Gasteiger charge is -2.28. The maximum atomic E-state index is 12.8. The molecule has 2 heterocycles. The standard InChI is InChI=1S/C22H29NO6/c1-22(2,3)29-21(25)23-13-16-12-15(14-6-8-17(26-4)9-7-14)10-11-28-19(16)18(23)20(24)27-5/h6-10,16,18-19H,11-13H2,1-5H3/t16-,18-,19+/m0/s1. The quantitative estimate of drug-likeness (QED) is 0.721. The molecule has 7 heteroatoms. The monoisotopic (exact) mass is 403 g/mol. The first kappa shape index (κ1) is 21.2. The lowest BCUT2D eigenvalue weighted by Crippen LogP contribution is -2.48. The maximum Gasteiger partial charge on any atom is 0.411 e. The van der Waals surface area contributed by atoms with E-state index in [4.69, 9.17) is 18.9 Å². The van der Waals surface area contributed by atoms with Crippen LogP contribution in [0.25, 0.3) is 5.57 Å². The van der Waals surface area contributed by atoms with Crippen LogP contribution in [0.1, 0.15) is 32.8 Å². The van der Waals surface area contributed by atoms with Crippen molar-refractivity contribution in [2.45, 2.75) is 44.9 Å². The highest BCUT2D eigenvalue weighted by atomic mass is 16.6. The molecule has 0 unspecified atom stereocenters. The van der Waals surface area contributed by atoms with E-state index in [0.29, 0.717) is 19.6 Å². The van der Waals surface area contributed by atoms with E-state index in [0.717, 1.165) is 16.9 Å². The molecule has 1 aromatic carbocycles. The summed E-state index contributed by atoms with van der Waals surface area (Å²) >= 11 is 0. The smallest absolute Gasteiger partial charge is 0.411 e. The topological polar surface area (TPSA) is 74.3 Å². The number of carbonyl (C=O) groups excluding carboxylic acids is 2. The highest BCUT2D eigenvalue weighted by molar-refractivity contribution is 5.83. The highest BCUT2D eigenvalue weighted by Crippen LogP contribution is 2.37. The van der Waals surface area contributed by atoms with Crippen molar-refractivity contribution in [3.05, 3.63) is 35.9 Å². The van der Waals surface area contributed by atoms with Gasteiger partial charge in [0.15, 0.2) is 6.04 Å². The summed E-state index contributed by atoms with van der Waals surface area (Å²) in [5.74, 6) is 0.263. The normalized spacial score (nSPS) is 24.2. The average Bonchev–Trinajstić information content (AvgIpc) is 2.91. The lowest BCUT2D eigenvalue weighted by molar-refractivity contribution is -0.150. The summed E-state index contributed by atoms with van der Waals surface area (Å²) in [6.45, 7) is 6.12. The molecule has 2 aliphatic rings. The number of methoxy groups -OCH3 is 2. The molecule has 3 rings (SSSR count). The largest absolute Gasteiger partial charge is 0.497 e. The molecule has 29 heavy (non-hydrogen) atoms. The number of carbonyl (C=O) groups is 2. The summed E-state index contributed by atoms with van der Waals surface area (Å²) in [5, 5.41) is 0. The van der Waals surface area contributed by atoms with E-state index in [1.807, 2.05) is 30.3 Å². The molecule has 7 nitrogen and oxygen atoms in total. The van der Waals surface area contributed by atoms with Gasteiger partial charge in [-0.25, -0.2) is 9.59 Å². The van der Waals surface area contributed by atoms with Gasteiger partial charge in [0.25, 0.3) is 0 Å². The van der Waals surface area contributed by atoms with E-state index >= 15 is 0 Å². The SMILES string of the molecule is COC(=O)[C@@H]1[C@@H]2OCC=C(c3ccc(OC)cc3)C[C@H]2CN1C(=O)OC(C)(C)C. The lowest BCUT2D eigenvalue weighted by atomic mass is 9.91. The number of ether oxygens (including phenoxy) is 4. The van der Waals surface area contributed by atoms with Gasteiger partial charge in [-0.1, -0.05) is 18.2 Å². The molecule has 158 valence electrons. The molecule has 0 saturated carbocycles. The minimum Gasteiger partial charge on any atom is -0.497 e. The Morgan fingerprint density at radius 3 is 2.41 bits per heavy atom. The fourth-order valence-electron chi connectivity index (χ4n) is 3.87. The van der Waals surface area contributed by atoms with Gasteiger partial charge in [-0.15, -0.1) is 0 Å². The molecule has 0 radical (unpaired) electrons. The second kappa shape index (κ2) is 8.45. The van der Waals surface area contributed by atoms with Gasteiger partial charge < -0.3 is 18.9 Å². The third-order valence-electron chi connectivity index (χ3n) is 5.17. The molecule has 1 aromatic rings. The molecular weight excluding hydrogens is 374 g/mol. The Kier molecular flexibility index (Phi) is 6.17. The van der Waals surface area contributed by atoms with Gasteiger partial charge in [-0.3, -0.25) is 4.90 Å². The van der Waals surface area contributed by atoms with E-state index in [-0.39, 0.29) is 5.92 Å². The van der Waals surface area contributed by atoms with Crippen LogP contribution in [0.15, 0.2) is 30.3 Å². The molecule has 1 amide bonds. The van der Waals surface area contributed by atoms with Gasteiger partial charge in [-0.05, 0) is 50.5 Å². The summed E-state index contributed by atoms with van der Waals surface area (Å²) in [4.78, 5) is 26.7. The number of likely N-dealkylation sites (tertiary alicyclic amines) is 1. The summed E-state index contributed by atoms with van der Waals surface area (Å²) < 4.78 is 21.7. The van der Waals surface area contributed by atoms with Crippen LogP contribution in [-0.4, -0.2) is 62.1 Å². The summed E-state index contributed by atoms with van der Waals surface area (Å²) in [6, 6.07) is 7.02. The molecular formula is C22H29NO6. The number of amides is 1. The zero-order chi connectivity index (χ0) is 21.2. The second-order valence-electron chi connectivity index (χ2n) is 8.32. The first-order valence-electron chi connectivity index (χ1n) is 9.76. The molecule has 0 bridgehead atoms. The van der Waals surface area contributed by atoms with Gasteiger partial charge in [0.2, 0.25) is 0 Å². The van der Waals surface area contributed by atoms with Gasteiger partial charge in [0.05, 0.1) is 26.9 Å². The fourth-order valence-corrected chi connectivity index (χ4v) is 3.87. The maximum absolute atomic E-state index is 12.8. The van der Waals surface area contributed by atoms with Crippen LogP contribution in [0.2, 0.25) is 0 Å². The molecule has 1 saturated heterocycles. The number of benzene rings is 1. The van der Waals surface area contributed by atoms with Crippen molar-refractivity contribution in [1.29, 1.82) is 0 Å². The number of esters is 1. The van der Waals surface area contributed by atoms with Crippen molar-refractivity contribution in [3.63, 3.8) is 0 Å². The molecule has 0 aromatic heterocycles. The van der Waals surface area contributed by atoms with E-state index in [9.17, 15) is 9.59 Å². The first-order chi connectivity index (χ1) is 13.7. The summed E-state index contributed by atoms with van der Waals surface area (Å²) in [5.41, 5.74) is 1.53. The Labute approximate surface area is 171 Å². The molecule has 1 fully saturated rings. The Bertz CT molecular complexity index is 779. The van der Waals surface area contributed by atoms with Gasteiger partial charge in [-0.2, -0.15) is 0 Å². The molecule has 0 N–H and O–H groups in total. The van der Waals surface area contributed by atoms with Gasteiger partial charge >= 0.3 is 12.1 Å². The van der Waals surface area contributed by atoms with Crippen LogP contribution in [-0.2, 0) is 19.0 Å². The number of rotatable bonds is 3. The van der Waals surface area contributed by atoms with Crippen molar-refractivity contribution in [3.8, 4) is 5.75 Å². The van der Waals surface area contributed by atoms with Crippen molar-refractivity contribution >= 4 is 17.6 Å². The Morgan fingerprint density at radius 1 is 1.14 bits per heavy atom. The van der Waals surface area contributed by atoms with Crippen LogP contribution < -0.4 is 4.74 Å². The van der Waals surface area contributed by atoms with E-state index in [1.54, 1.807) is 27.9 Å². The molecule has 0 spiro atoms. The van der Waals surface area contributed by atoms with Crippen molar-refractivity contribution < 1.29 is 28.5 Å². The number of hydrogen-bond acceptors (Lipinski definition) is 6. The average molecular weight is 403 g/mol. The Balaban J connectivity index is 1.83. The van der Waals surface area contributed by atoms with E-state index < -0.39 is 29.8 Å². The number of fused-ring (bicyclic) bond motifs is 1. The third-order valence-corrected chi connectivity index (χ3v) is 5.17. The van der Waals surface area contributed by atoms with Crippen LogP contribution in [0.3, 0.4) is 0 Å². The van der Waals surface area contributed by atoms with Gasteiger partial charge in [0.1, 0.15) is 11.4 Å². The second-order valence-corrected chi connectivity index (χ2v) is 8.32. The number of hydrogen-bond donors (Lipinski definition) is 0. The van der Waals surface area contributed by atoms with Crippen molar-refractivity contribution in [1.82, 2.24) is 4.90 Å². The number of nitrogens with zero attached hydrogens (tertiary/aromatic N) is 1. The zero-order valence-electron chi connectivity index (χ0n) is 17.6. The molecule has 0 aliphatic carbocycles. The first-order valence-corrected chi connectivity index (χ1v) is 9.76. The van der Waals surface area contributed by atoms with Crippen molar-refractivity contribution in [2.24, 2.45) is 5.92 Å². The minimum atomic E-state index is -0.816. The predicted octanol–water partition coefficient (Wildman–Crippen LogP) is 3.28. The number of allylic oxidation sites excluding steroid dienone is 1. The summed E-state index contributed by atoms with van der Waals surface area (Å²) in [6.07, 6.45) is 1.75. The van der Waals surface area contributed by atoms with Crippen LogP contribution in [0.4, 0.5) is 4.79 Å². The van der Waals surface area contributed by atoms with Crippen LogP contribution >= 0.6 is 0 Å².